The van der Waals surface area contributed by atoms with Gasteiger partial charge in [-0.3, -0.25) is 4.79 Å². The molecule has 2 saturated heterocycles. The highest BCUT2D eigenvalue weighted by Crippen LogP contribution is 2.29. The molecule has 0 amide bonds. The van der Waals surface area contributed by atoms with Crippen LogP contribution in [0.1, 0.15) is 13.3 Å². The summed E-state index contributed by atoms with van der Waals surface area (Å²) in [6.07, 6.45) is 2.00. The number of carboxylic acid groups (broad SMARTS) is 1. The number of hydrogen-bond donors (Lipinski definition) is 2. The highest BCUT2D eigenvalue weighted by atomic mass is 16.5. The van der Waals surface area contributed by atoms with Crippen molar-refractivity contribution < 1.29 is 14.6 Å². The van der Waals surface area contributed by atoms with Crippen LogP contribution in [0.25, 0.3) is 0 Å². The van der Waals surface area contributed by atoms with Crippen LogP contribution in [0.5, 0.6) is 5.75 Å². The van der Waals surface area contributed by atoms with Gasteiger partial charge in [-0.25, -0.2) is 9.97 Å². The molecule has 2 aliphatic heterocycles. The molecule has 2 fully saturated rings. The zero-order valence-electron chi connectivity index (χ0n) is 17.7. The summed E-state index contributed by atoms with van der Waals surface area (Å²) in [5.41, 5.74) is 7.18. The molecule has 10 nitrogen and oxygen atoms in total. The minimum Gasteiger partial charge on any atom is -0.492 e. The molecule has 166 valence electrons. The molecular weight excluding hydrogens is 398 g/mol. The smallest absolute Gasteiger partial charge is 0.308 e. The number of nitrogens with zero attached hydrogens (tertiary/aromatic N) is 6. The molecule has 4 rings (SSSR count). The number of hydrogen-bond acceptors (Lipinski definition) is 9. The van der Waals surface area contributed by atoms with Crippen LogP contribution in [-0.2, 0) is 4.79 Å². The number of aromatic nitrogens is 3. The van der Waals surface area contributed by atoms with Crippen molar-refractivity contribution in [3.05, 3.63) is 30.6 Å². The molecule has 0 saturated carbocycles. The van der Waals surface area contributed by atoms with E-state index in [2.05, 4.69) is 30.8 Å². The zero-order chi connectivity index (χ0) is 21.8. The SMILES string of the molecule is CCOc1ccccc1N1CCN(c2ncnc(N3CCC(C(=O)O)C(N)C3)n2)CC1. The van der Waals surface area contributed by atoms with Crippen molar-refractivity contribution in [1.29, 1.82) is 0 Å². The first kappa shape index (κ1) is 21.1. The fourth-order valence-corrected chi connectivity index (χ4v) is 4.20. The number of benzene rings is 1. The van der Waals surface area contributed by atoms with Gasteiger partial charge in [0.15, 0.2) is 0 Å². The summed E-state index contributed by atoms with van der Waals surface area (Å²) in [5.74, 6) is 0.726. The number of para-hydroxylation sites is 2. The van der Waals surface area contributed by atoms with Gasteiger partial charge in [0.2, 0.25) is 11.9 Å². The minimum atomic E-state index is -0.840. The molecule has 0 radical (unpaired) electrons. The largest absolute Gasteiger partial charge is 0.492 e. The van der Waals surface area contributed by atoms with Crippen molar-refractivity contribution in [3.63, 3.8) is 0 Å². The highest BCUT2D eigenvalue weighted by Gasteiger charge is 2.33. The number of aliphatic carboxylic acids is 1. The fraction of sp³-hybridized carbons (Fsp3) is 0.524. The Morgan fingerprint density at radius 3 is 2.45 bits per heavy atom. The third-order valence-corrected chi connectivity index (χ3v) is 5.87. The summed E-state index contributed by atoms with van der Waals surface area (Å²) in [7, 11) is 0. The molecule has 0 spiro atoms. The van der Waals surface area contributed by atoms with Gasteiger partial charge in [-0.15, -0.1) is 0 Å². The average molecular weight is 428 g/mol. The van der Waals surface area contributed by atoms with E-state index in [1.807, 2.05) is 30.0 Å². The van der Waals surface area contributed by atoms with Gasteiger partial charge >= 0.3 is 5.97 Å². The number of nitrogens with two attached hydrogens (primary N) is 1. The molecule has 2 atom stereocenters. The van der Waals surface area contributed by atoms with Crippen molar-refractivity contribution in [2.45, 2.75) is 19.4 Å². The first-order valence-corrected chi connectivity index (χ1v) is 10.7. The second-order valence-corrected chi connectivity index (χ2v) is 7.80. The minimum absolute atomic E-state index is 0.419. The lowest BCUT2D eigenvalue weighted by Crippen LogP contribution is -2.51. The highest BCUT2D eigenvalue weighted by molar-refractivity contribution is 5.71. The van der Waals surface area contributed by atoms with Crippen LogP contribution in [-0.4, -0.2) is 77.9 Å². The third-order valence-electron chi connectivity index (χ3n) is 5.87. The number of anilines is 3. The van der Waals surface area contributed by atoms with Crippen molar-refractivity contribution in [2.24, 2.45) is 11.7 Å². The van der Waals surface area contributed by atoms with Gasteiger partial charge in [0.05, 0.1) is 18.2 Å². The molecule has 1 aromatic carbocycles. The van der Waals surface area contributed by atoms with E-state index in [1.54, 1.807) is 0 Å². The van der Waals surface area contributed by atoms with Gasteiger partial charge in [0.1, 0.15) is 12.1 Å². The molecule has 1 aromatic heterocycles. The summed E-state index contributed by atoms with van der Waals surface area (Å²) in [6, 6.07) is 7.66. The van der Waals surface area contributed by atoms with E-state index in [1.165, 1.54) is 6.33 Å². The van der Waals surface area contributed by atoms with E-state index in [0.29, 0.717) is 38.0 Å². The van der Waals surface area contributed by atoms with E-state index < -0.39 is 17.9 Å². The quantitative estimate of drug-likeness (QED) is 0.686. The number of carboxylic acids is 1. The Labute approximate surface area is 181 Å². The summed E-state index contributed by atoms with van der Waals surface area (Å²) in [6.45, 7) is 6.84. The van der Waals surface area contributed by atoms with E-state index in [4.69, 9.17) is 10.5 Å². The summed E-state index contributed by atoms with van der Waals surface area (Å²) in [5, 5.41) is 9.27. The first-order valence-electron chi connectivity index (χ1n) is 10.7. The number of rotatable bonds is 6. The second-order valence-electron chi connectivity index (χ2n) is 7.80. The van der Waals surface area contributed by atoms with Crippen molar-refractivity contribution in [1.82, 2.24) is 15.0 Å². The molecule has 10 heteroatoms. The summed E-state index contributed by atoms with van der Waals surface area (Å²) < 4.78 is 5.77. The fourth-order valence-electron chi connectivity index (χ4n) is 4.20. The standard InChI is InChI=1S/C21H29N7O3/c1-2-31-18-6-4-3-5-17(18)26-9-11-27(12-10-26)20-23-14-24-21(25-20)28-8-7-15(19(29)30)16(22)13-28/h3-6,14-16H,2,7-13,22H2,1H3,(H,29,30). The zero-order valence-corrected chi connectivity index (χ0v) is 17.7. The van der Waals surface area contributed by atoms with Gasteiger partial charge in [-0.2, -0.15) is 4.98 Å². The molecule has 2 unspecified atom stereocenters. The van der Waals surface area contributed by atoms with Crippen LogP contribution in [0.4, 0.5) is 17.6 Å². The molecule has 31 heavy (non-hydrogen) atoms. The topological polar surface area (TPSA) is 121 Å². The normalized spacial score (nSPS) is 21.8. The first-order chi connectivity index (χ1) is 15.1. The number of piperazine rings is 1. The van der Waals surface area contributed by atoms with Crippen molar-refractivity contribution in [3.8, 4) is 5.75 Å². The Morgan fingerprint density at radius 1 is 1.10 bits per heavy atom. The molecule has 0 aliphatic carbocycles. The Kier molecular flexibility index (Phi) is 6.36. The number of piperidine rings is 1. The maximum absolute atomic E-state index is 11.3. The van der Waals surface area contributed by atoms with Crippen LogP contribution in [0, 0.1) is 5.92 Å². The van der Waals surface area contributed by atoms with Crippen LogP contribution in [0.2, 0.25) is 0 Å². The summed E-state index contributed by atoms with van der Waals surface area (Å²) >= 11 is 0. The predicted octanol–water partition coefficient (Wildman–Crippen LogP) is 0.835. The lowest BCUT2D eigenvalue weighted by atomic mass is 9.92. The Bertz CT molecular complexity index is 904. The number of ether oxygens (including phenoxy) is 1. The van der Waals surface area contributed by atoms with E-state index in [9.17, 15) is 9.90 Å². The van der Waals surface area contributed by atoms with Crippen LogP contribution >= 0.6 is 0 Å². The molecule has 0 bridgehead atoms. The second kappa shape index (κ2) is 9.34. The van der Waals surface area contributed by atoms with Crippen LogP contribution in [0.15, 0.2) is 30.6 Å². The van der Waals surface area contributed by atoms with Crippen molar-refractivity contribution in [2.75, 3.05) is 60.6 Å². The van der Waals surface area contributed by atoms with Crippen molar-refractivity contribution >= 4 is 23.6 Å². The summed E-state index contributed by atoms with van der Waals surface area (Å²) in [4.78, 5) is 31.0. The average Bonchev–Trinajstić information content (AvgIpc) is 2.79. The lowest BCUT2D eigenvalue weighted by Gasteiger charge is -2.37. The van der Waals surface area contributed by atoms with Gasteiger partial charge in [-0.1, -0.05) is 12.1 Å². The van der Waals surface area contributed by atoms with Gasteiger partial charge < -0.3 is 30.3 Å². The predicted molar refractivity (Wildman–Crippen MR) is 118 cm³/mol. The lowest BCUT2D eigenvalue weighted by molar-refractivity contribution is -0.142. The molecular formula is C21H29N7O3. The van der Waals surface area contributed by atoms with E-state index >= 15 is 0 Å². The maximum atomic E-state index is 11.3. The third kappa shape index (κ3) is 4.63. The Hall–Kier alpha value is -3.14. The van der Waals surface area contributed by atoms with Gasteiger partial charge in [0, 0.05) is 45.3 Å². The van der Waals surface area contributed by atoms with E-state index in [-0.39, 0.29) is 0 Å². The maximum Gasteiger partial charge on any atom is 0.308 e. The van der Waals surface area contributed by atoms with E-state index in [0.717, 1.165) is 37.6 Å². The Morgan fingerprint density at radius 2 is 1.77 bits per heavy atom. The molecule has 2 aliphatic rings. The molecule has 3 N–H and O–H groups in total. The van der Waals surface area contributed by atoms with Crippen LogP contribution < -0.4 is 25.2 Å². The number of carbonyl (C=O) groups is 1. The molecule has 3 heterocycles. The monoisotopic (exact) mass is 427 g/mol. The Balaban J connectivity index is 1.40. The van der Waals surface area contributed by atoms with Gasteiger partial charge in [-0.05, 0) is 25.5 Å². The van der Waals surface area contributed by atoms with Gasteiger partial charge in [0.25, 0.3) is 0 Å². The van der Waals surface area contributed by atoms with Crippen LogP contribution in [0.3, 0.4) is 0 Å². The molecule has 2 aromatic rings.